The lowest BCUT2D eigenvalue weighted by atomic mass is 9.99. The number of fused-ring (bicyclic) bond motifs is 2. The summed E-state index contributed by atoms with van der Waals surface area (Å²) in [7, 11) is 2.74. The Bertz CT molecular complexity index is 1410. The second-order valence-electron chi connectivity index (χ2n) is 7.78. The van der Waals surface area contributed by atoms with E-state index in [0.717, 1.165) is 16.9 Å². The molecule has 0 radical (unpaired) electrons. The fraction of sp³-hybridized carbons (Fsp3) is 0.300. The van der Waals surface area contributed by atoms with Crippen molar-refractivity contribution in [1.29, 1.82) is 0 Å². The van der Waals surface area contributed by atoms with Crippen LogP contribution in [0.5, 0.6) is 0 Å². The Kier molecular flexibility index (Phi) is 4.55. The molecule has 4 heterocycles. The maximum atomic E-state index is 14.3. The Morgan fingerprint density at radius 1 is 1.15 bits per heavy atom. The third kappa shape index (κ3) is 3.26. The van der Waals surface area contributed by atoms with E-state index in [1.54, 1.807) is 0 Å². The van der Waals surface area contributed by atoms with Crippen LogP contribution in [0.4, 0.5) is 22.0 Å². The summed E-state index contributed by atoms with van der Waals surface area (Å²) in [6.45, 7) is 0.157. The molecule has 0 atom stereocenters. The summed E-state index contributed by atoms with van der Waals surface area (Å²) in [5.41, 5.74) is 0.152. The molecule has 1 N–H and O–H groups in total. The molecule has 4 aromatic rings. The number of alkyl halides is 3. The van der Waals surface area contributed by atoms with Crippen LogP contribution in [0.25, 0.3) is 22.2 Å². The Morgan fingerprint density at radius 2 is 1.91 bits per heavy atom. The first-order chi connectivity index (χ1) is 15.6. The zero-order valence-corrected chi connectivity index (χ0v) is 17.3. The summed E-state index contributed by atoms with van der Waals surface area (Å²) in [6.07, 6.45) is -3.23. The van der Waals surface area contributed by atoms with Crippen molar-refractivity contribution < 1.29 is 26.7 Å². The smallest absolute Gasteiger partial charge is 0.331 e. The summed E-state index contributed by atoms with van der Waals surface area (Å²) in [5.74, 6) is -2.32. The molecule has 1 aliphatic rings. The van der Waals surface area contributed by atoms with Crippen LogP contribution in [-0.4, -0.2) is 47.1 Å². The predicted octanol–water partition coefficient (Wildman–Crippen LogP) is 3.19. The number of nitrogens with zero attached hydrogens (tertiary/aromatic N) is 6. The van der Waals surface area contributed by atoms with E-state index >= 15 is 0 Å². The van der Waals surface area contributed by atoms with Crippen LogP contribution < -0.4 is 0 Å². The molecule has 8 nitrogen and oxygen atoms in total. The Labute approximate surface area is 182 Å². The molecule has 5 rings (SSSR count). The molecule has 0 unspecified atom stereocenters. The highest BCUT2D eigenvalue weighted by Gasteiger charge is 2.40. The standard InChI is InChI=1S/C20H16F5N7O/c1-30-17(11-7-26-31(2)18(11)20(23,24)25)10-3-4-32(8-14(10)29-30)19(33)16-15-12(22)5-9(21)6-13(15)27-28-16/h5-7H,3-4,8H2,1-2H3,(H,27,28). The molecule has 0 saturated heterocycles. The van der Waals surface area contributed by atoms with Crippen molar-refractivity contribution in [3.05, 3.63) is 52.6 Å². The predicted molar refractivity (Wildman–Crippen MR) is 105 cm³/mol. The number of nitrogens with one attached hydrogen (secondary N) is 1. The van der Waals surface area contributed by atoms with Gasteiger partial charge in [0.1, 0.15) is 11.6 Å². The highest BCUT2D eigenvalue weighted by molar-refractivity contribution is 6.05. The molecule has 0 saturated carbocycles. The summed E-state index contributed by atoms with van der Waals surface area (Å²) >= 11 is 0. The van der Waals surface area contributed by atoms with Gasteiger partial charge in [0.25, 0.3) is 5.91 Å². The monoisotopic (exact) mass is 465 g/mol. The average Bonchev–Trinajstić information content (AvgIpc) is 3.40. The molecule has 0 spiro atoms. The van der Waals surface area contributed by atoms with Gasteiger partial charge in [-0.15, -0.1) is 0 Å². The number of benzene rings is 1. The molecule has 1 aliphatic heterocycles. The summed E-state index contributed by atoms with van der Waals surface area (Å²) in [4.78, 5) is 14.4. The van der Waals surface area contributed by atoms with Crippen molar-refractivity contribution in [3.8, 4) is 11.3 Å². The van der Waals surface area contributed by atoms with Crippen molar-refractivity contribution in [3.63, 3.8) is 0 Å². The molecule has 1 amide bonds. The van der Waals surface area contributed by atoms with Gasteiger partial charge in [0.15, 0.2) is 11.4 Å². The molecule has 0 aliphatic carbocycles. The van der Waals surface area contributed by atoms with E-state index in [4.69, 9.17) is 0 Å². The molecule has 0 fully saturated rings. The number of carbonyl (C=O) groups is 1. The van der Waals surface area contributed by atoms with Crippen LogP contribution in [0.15, 0.2) is 18.3 Å². The van der Waals surface area contributed by atoms with Gasteiger partial charge in [0, 0.05) is 32.3 Å². The number of aryl methyl sites for hydroxylation is 2. The first-order valence-electron chi connectivity index (χ1n) is 9.83. The maximum Gasteiger partial charge on any atom is 0.433 e. The highest BCUT2D eigenvalue weighted by Crippen LogP contribution is 2.39. The Balaban J connectivity index is 1.50. The van der Waals surface area contributed by atoms with Gasteiger partial charge < -0.3 is 4.90 Å². The lowest BCUT2D eigenvalue weighted by Crippen LogP contribution is -2.36. The van der Waals surface area contributed by atoms with Crippen molar-refractivity contribution >= 4 is 16.8 Å². The number of carbonyl (C=O) groups excluding carboxylic acids is 1. The van der Waals surface area contributed by atoms with Crippen LogP contribution in [0.1, 0.15) is 27.4 Å². The lowest BCUT2D eigenvalue weighted by molar-refractivity contribution is -0.143. The molecule has 172 valence electrons. The molecule has 1 aromatic carbocycles. The van der Waals surface area contributed by atoms with E-state index in [1.165, 1.54) is 23.7 Å². The van der Waals surface area contributed by atoms with Gasteiger partial charge in [-0.1, -0.05) is 0 Å². The van der Waals surface area contributed by atoms with Gasteiger partial charge in [-0.2, -0.15) is 28.5 Å². The minimum absolute atomic E-state index is 0.000781. The van der Waals surface area contributed by atoms with Crippen molar-refractivity contribution in [2.75, 3.05) is 6.54 Å². The van der Waals surface area contributed by atoms with Gasteiger partial charge in [-0.25, -0.2) is 8.78 Å². The number of halogens is 5. The van der Waals surface area contributed by atoms with Crippen molar-refractivity contribution in [2.45, 2.75) is 19.1 Å². The average molecular weight is 465 g/mol. The molecule has 13 heteroatoms. The van der Waals surface area contributed by atoms with Crippen LogP contribution in [0.2, 0.25) is 0 Å². The first-order valence-corrected chi connectivity index (χ1v) is 9.83. The van der Waals surface area contributed by atoms with E-state index in [-0.39, 0.29) is 47.4 Å². The molecular weight excluding hydrogens is 449 g/mol. The van der Waals surface area contributed by atoms with Crippen LogP contribution in [0.3, 0.4) is 0 Å². The van der Waals surface area contributed by atoms with Gasteiger partial charge >= 0.3 is 6.18 Å². The van der Waals surface area contributed by atoms with Crippen LogP contribution in [-0.2, 0) is 33.2 Å². The topological polar surface area (TPSA) is 84.6 Å². The number of aromatic amines is 1. The van der Waals surface area contributed by atoms with Gasteiger partial charge in [0.2, 0.25) is 0 Å². The van der Waals surface area contributed by atoms with E-state index in [9.17, 15) is 26.7 Å². The van der Waals surface area contributed by atoms with Crippen molar-refractivity contribution in [1.82, 2.24) is 34.7 Å². The van der Waals surface area contributed by atoms with Gasteiger partial charge in [0.05, 0.1) is 40.6 Å². The van der Waals surface area contributed by atoms with E-state index < -0.39 is 29.4 Å². The number of rotatable bonds is 2. The van der Waals surface area contributed by atoms with E-state index in [1.807, 2.05) is 0 Å². The molecule has 0 bridgehead atoms. The first kappa shape index (κ1) is 21.1. The number of H-pyrrole nitrogens is 1. The minimum Gasteiger partial charge on any atom is -0.331 e. The number of amides is 1. The highest BCUT2D eigenvalue weighted by atomic mass is 19.4. The number of hydrogen-bond donors (Lipinski definition) is 1. The molecule has 33 heavy (non-hydrogen) atoms. The van der Waals surface area contributed by atoms with E-state index in [2.05, 4.69) is 20.4 Å². The van der Waals surface area contributed by atoms with Crippen LogP contribution >= 0.6 is 0 Å². The minimum atomic E-state index is -4.61. The fourth-order valence-electron chi connectivity index (χ4n) is 4.36. The van der Waals surface area contributed by atoms with Gasteiger partial charge in [-0.3, -0.25) is 19.3 Å². The fourth-order valence-corrected chi connectivity index (χ4v) is 4.36. The van der Waals surface area contributed by atoms with Crippen LogP contribution in [0, 0.1) is 11.6 Å². The zero-order valence-electron chi connectivity index (χ0n) is 17.3. The second kappa shape index (κ2) is 7.12. The quantitative estimate of drug-likeness (QED) is 0.461. The largest absolute Gasteiger partial charge is 0.433 e. The lowest BCUT2D eigenvalue weighted by Gasteiger charge is -2.26. The number of hydrogen-bond acceptors (Lipinski definition) is 4. The second-order valence-corrected chi connectivity index (χ2v) is 7.78. The third-order valence-electron chi connectivity index (χ3n) is 5.73. The zero-order chi connectivity index (χ0) is 23.7. The number of aromatic nitrogens is 6. The molecular formula is C20H16F5N7O. The summed E-state index contributed by atoms with van der Waals surface area (Å²) in [6, 6.07) is 1.70. The summed E-state index contributed by atoms with van der Waals surface area (Å²) in [5, 5.41) is 14.3. The Hall–Kier alpha value is -3.77. The summed E-state index contributed by atoms with van der Waals surface area (Å²) < 4.78 is 70.7. The third-order valence-corrected chi connectivity index (χ3v) is 5.73. The SMILES string of the molecule is Cn1nc2c(c1-c1cnn(C)c1C(F)(F)F)CCN(C(=O)c1n[nH]c3cc(F)cc(F)c13)C2. The van der Waals surface area contributed by atoms with E-state index in [0.29, 0.717) is 17.3 Å². The van der Waals surface area contributed by atoms with Crippen molar-refractivity contribution in [2.24, 2.45) is 14.1 Å². The van der Waals surface area contributed by atoms with Gasteiger partial charge in [-0.05, 0) is 12.5 Å². The normalized spacial score (nSPS) is 14.2. The Morgan fingerprint density at radius 3 is 2.64 bits per heavy atom. The molecule has 3 aromatic heterocycles. The maximum absolute atomic E-state index is 14.3.